The largest absolute Gasteiger partial charge is 0.358 e. The number of nitriles is 1. The Labute approximate surface area is 134 Å². The van der Waals surface area contributed by atoms with E-state index in [1.54, 1.807) is 0 Å². The molecule has 5 nitrogen and oxygen atoms in total. The van der Waals surface area contributed by atoms with Gasteiger partial charge in [-0.2, -0.15) is 5.26 Å². The third-order valence-electron chi connectivity index (χ3n) is 5.71. The highest BCUT2D eigenvalue weighted by Crippen LogP contribution is 2.37. The maximum absolute atomic E-state index is 9.07. The van der Waals surface area contributed by atoms with Crippen LogP contribution in [0.25, 0.3) is 0 Å². The fraction of sp³-hybridized carbons (Fsp3) is 0.933. The van der Waals surface area contributed by atoms with Crippen LogP contribution >= 0.6 is 15.9 Å². The normalized spacial score (nSPS) is 49.8. The molecular formula is C15H23BrN4O. The summed E-state index contributed by atoms with van der Waals surface area (Å²) in [5, 5.41) is 16.5. The minimum Gasteiger partial charge on any atom is -0.358 e. The fourth-order valence-electron chi connectivity index (χ4n) is 4.65. The van der Waals surface area contributed by atoms with Crippen molar-refractivity contribution < 1.29 is 4.74 Å². The molecule has 21 heavy (non-hydrogen) atoms. The number of rotatable bonds is 2. The summed E-state index contributed by atoms with van der Waals surface area (Å²) >= 11 is 3.87. The van der Waals surface area contributed by atoms with Gasteiger partial charge in [0.2, 0.25) is 0 Å². The van der Waals surface area contributed by atoms with E-state index in [1.807, 2.05) is 0 Å². The van der Waals surface area contributed by atoms with E-state index in [0.717, 1.165) is 19.0 Å². The molecule has 4 fully saturated rings. The molecule has 0 radical (unpaired) electrons. The van der Waals surface area contributed by atoms with Gasteiger partial charge in [-0.05, 0) is 32.2 Å². The molecule has 0 aromatic carbocycles. The average molecular weight is 355 g/mol. The molecule has 0 spiro atoms. The number of nitrogens with zero attached hydrogens (tertiary/aromatic N) is 2. The van der Waals surface area contributed by atoms with E-state index in [1.165, 1.54) is 32.4 Å². The standard InChI is InChI=1S/C15H23BrN4O/c16-14-10-6-9(7-17)21-13(10)8-18-15(14)19-11-3-5-20-4-1-2-12(11)20/h9-15,18-19H,1-6,8H2/t9?,10?,11-,12+,13?,14?,15?/m0/s1. The summed E-state index contributed by atoms with van der Waals surface area (Å²) in [7, 11) is 0. The maximum Gasteiger partial charge on any atom is 0.144 e. The summed E-state index contributed by atoms with van der Waals surface area (Å²) in [5.74, 6) is 0.439. The Balaban J connectivity index is 1.39. The molecular weight excluding hydrogens is 332 g/mol. The van der Waals surface area contributed by atoms with Gasteiger partial charge in [-0.3, -0.25) is 15.5 Å². The smallest absolute Gasteiger partial charge is 0.144 e. The lowest BCUT2D eigenvalue weighted by Gasteiger charge is -2.39. The fourth-order valence-corrected chi connectivity index (χ4v) is 5.54. The van der Waals surface area contributed by atoms with E-state index < -0.39 is 0 Å². The minimum atomic E-state index is -0.225. The second kappa shape index (κ2) is 5.78. The van der Waals surface area contributed by atoms with Crippen molar-refractivity contribution in [2.75, 3.05) is 19.6 Å². The molecule has 0 aromatic rings. The average Bonchev–Trinajstić information content (AvgIpc) is 3.18. The Kier molecular flexibility index (Phi) is 3.97. The molecule has 5 unspecified atom stereocenters. The van der Waals surface area contributed by atoms with Crippen molar-refractivity contribution in [3.05, 3.63) is 0 Å². The second-order valence-electron chi connectivity index (χ2n) is 6.83. The van der Waals surface area contributed by atoms with Gasteiger partial charge in [-0.1, -0.05) is 15.9 Å². The van der Waals surface area contributed by atoms with Crippen molar-refractivity contribution in [2.24, 2.45) is 5.92 Å². The van der Waals surface area contributed by atoms with Gasteiger partial charge in [0, 0.05) is 35.9 Å². The minimum absolute atomic E-state index is 0.184. The number of ether oxygens (including phenoxy) is 1. The van der Waals surface area contributed by atoms with Crippen molar-refractivity contribution in [1.82, 2.24) is 15.5 Å². The summed E-state index contributed by atoms with van der Waals surface area (Å²) in [6.45, 7) is 3.37. The number of hydrogen-bond donors (Lipinski definition) is 2. The Hall–Kier alpha value is -0.190. The number of alkyl halides is 1. The van der Waals surface area contributed by atoms with Crippen LogP contribution in [0.3, 0.4) is 0 Å². The highest BCUT2D eigenvalue weighted by atomic mass is 79.9. The molecule has 4 saturated heterocycles. The predicted octanol–water partition coefficient (Wildman–Crippen LogP) is 0.803. The van der Waals surface area contributed by atoms with Gasteiger partial charge >= 0.3 is 0 Å². The molecule has 6 heteroatoms. The van der Waals surface area contributed by atoms with E-state index in [4.69, 9.17) is 10.00 Å². The summed E-state index contributed by atoms with van der Waals surface area (Å²) in [5.41, 5.74) is 0. The molecule has 4 rings (SSSR count). The van der Waals surface area contributed by atoms with Crippen molar-refractivity contribution >= 4 is 15.9 Å². The number of fused-ring (bicyclic) bond motifs is 2. The molecule has 4 heterocycles. The molecule has 7 atom stereocenters. The first-order valence-electron chi connectivity index (χ1n) is 8.19. The van der Waals surface area contributed by atoms with Crippen LogP contribution in [0.1, 0.15) is 25.7 Å². The first-order valence-corrected chi connectivity index (χ1v) is 9.10. The van der Waals surface area contributed by atoms with Gasteiger partial charge in [0.1, 0.15) is 6.10 Å². The molecule has 0 bridgehead atoms. The Bertz CT molecular complexity index is 442. The van der Waals surface area contributed by atoms with Crippen LogP contribution in [0.5, 0.6) is 0 Å². The Morgan fingerprint density at radius 1 is 1.33 bits per heavy atom. The first kappa shape index (κ1) is 14.4. The molecule has 0 amide bonds. The molecule has 2 N–H and O–H groups in total. The van der Waals surface area contributed by atoms with E-state index in [0.29, 0.717) is 16.8 Å². The van der Waals surface area contributed by atoms with Crippen molar-refractivity contribution in [3.8, 4) is 6.07 Å². The van der Waals surface area contributed by atoms with Gasteiger partial charge in [0.15, 0.2) is 0 Å². The lowest BCUT2D eigenvalue weighted by atomic mass is 9.90. The lowest BCUT2D eigenvalue weighted by Crippen LogP contribution is -2.62. The third kappa shape index (κ3) is 2.53. The topological polar surface area (TPSA) is 60.3 Å². The third-order valence-corrected chi connectivity index (χ3v) is 6.92. The van der Waals surface area contributed by atoms with Crippen LogP contribution in [0, 0.1) is 17.2 Å². The number of nitrogens with one attached hydrogen (secondary N) is 2. The highest BCUT2D eigenvalue weighted by molar-refractivity contribution is 9.09. The quantitative estimate of drug-likeness (QED) is 0.718. The number of hydrogen-bond acceptors (Lipinski definition) is 5. The summed E-state index contributed by atoms with van der Waals surface area (Å²) < 4.78 is 5.78. The zero-order valence-electron chi connectivity index (χ0n) is 12.2. The summed E-state index contributed by atoms with van der Waals surface area (Å²) in [6, 6.07) is 3.60. The zero-order chi connectivity index (χ0) is 14.4. The van der Waals surface area contributed by atoms with E-state index >= 15 is 0 Å². The zero-order valence-corrected chi connectivity index (χ0v) is 13.8. The van der Waals surface area contributed by atoms with Crippen molar-refractivity contribution in [2.45, 2.75) is 61.0 Å². The van der Waals surface area contributed by atoms with Gasteiger partial charge in [0.25, 0.3) is 0 Å². The number of piperidine rings is 1. The highest BCUT2D eigenvalue weighted by Gasteiger charge is 2.47. The van der Waals surface area contributed by atoms with Gasteiger partial charge in [-0.15, -0.1) is 0 Å². The van der Waals surface area contributed by atoms with Crippen LogP contribution in [-0.2, 0) is 4.74 Å². The molecule has 0 aromatic heterocycles. The Morgan fingerprint density at radius 3 is 3.10 bits per heavy atom. The van der Waals surface area contributed by atoms with Crippen LogP contribution < -0.4 is 10.6 Å². The van der Waals surface area contributed by atoms with E-state index in [2.05, 4.69) is 37.5 Å². The molecule has 0 saturated carbocycles. The Morgan fingerprint density at radius 2 is 2.24 bits per heavy atom. The van der Waals surface area contributed by atoms with Crippen LogP contribution in [0.15, 0.2) is 0 Å². The van der Waals surface area contributed by atoms with Crippen molar-refractivity contribution in [1.29, 1.82) is 5.26 Å². The van der Waals surface area contributed by atoms with Crippen LogP contribution in [-0.4, -0.2) is 59.8 Å². The summed E-state index contributed by atoms with van der Waals surface area (Å²) in [6.07, 6.45) is 5.05. The molecule has 0 aliphatic carbocycles. The van der Waals surface area contributed by atoms with Crippen molar-refractivity contribution in [3.63, 3.8) is 0 Å². The monoisotopic (exact) mass is 354 g/mol. The number of halogens is 1. The van der Waals surface area contributed by atoms with Gasteiger partial charge < -0.3 is 4.74 Å². The second-order valence-corrected chi connectivity index (χ2v) is 7.89. The van der Waals surface area contributed by atoms with E-state index in [9.17, 15) is 0 Å². The molecule has 116 valence electrons. The maximum atomic E-state index is 9.07. The lowest BCUT2D eigenvalue weighted by molar-refractivity contribution is 0.0403. The summed E-state index contributed by atoms with van der Waals surface area (Å²) in [4.78, 5) is 2.97. The van der Waals surface area contributed by atoms with E-state index in [-0.39, 0.29) is 18.4 Å². The SMILES string of the molecule is N#CC1CC2C(CNC(N[C@H]3CCN4CCC[C@H]34)C2Br)O1. The van der Waals surface area contributed by atoms with Crippen LogP contribution in [0.2, 0.25) is 0 Å². The van der Waals surface area contributed by atoms with Crippen LogP contribution in [0.4, 0.5) is 0 Å². The first-order chi connectivity index (χ1) is 10.3. The molecule has 4 aliphatic rings. The van der Waals surface area contributed by atoms with Gasteiger partial charge in [-0.25, -0.2) is 0 Å². The van der Waals surface area contributed by atoms with Gasteiger partial charge in [0.05, 0.1) is 18.3 Å². The predicted molar refractivity (Wildman–Crippen MR) is 83.0 cm³/mol. The molecule has 4 aliphatic heterocycles.